The molecule has 17 heavy (non-hydrogen) atoms. The second-order valence-electron chi connectivity index (χ2n) is 5.35. The first kappa shape index (κ1) is 12.3. The van der Waals surface area contributed by atoms with Crippen molar-refractivity contribution in [2.75, 3.05) is 12.4 Å². The average molecular weight is 233 g/mol. The van der Waals surface area contributed by atoms with Gasteiger partial charge in [0.2, 0.25) is 0 Å². The first-order valence-corrected chi connectivity index (χ1v) is 6.52. The molecule has 0 radical (unpaired) electrons. The summed E-state index contributed by atoms with van der Waals surface area (Å²) in [6.07, 6.45) is 3.92. The molecule has 0 aliphatic heterocycles. The molecular formula is C15H23NO. The molecular weight excluding hydrogens is 210 g/mol. The van der Waals surface area contributed by atoms with E-state index >= 15 is 0 Å². The summed E-state index contributed by atoms with van der Waals surface area (Å²) < 4.78 is 5.46. The van der Waals surface area contributed by atoms with Gasteiger partial charge in [0.1, 0.15) is 5.75 Å². The zero-order chi connectivity index (χ0) is 12.4. The van der Waals surface area contributed by atoms with E-state index in [0.717, 1.165) is 11.7 Å². The maximum Gasteiger partial charge on any atom is 0.126 e. The molecule has 1 fully saturated rings. The quantitative estimate of drug-likeness (QED) is 0.854. The highest BCUT2D eigenvalue weighted by Gasteiger charge is 2.21. The second kappa shape index (κ2) is 4.99. The molecule has 2 atom stereocenters. The van der Waals surface area contributed by atoms with Crippen LogP contribution in [0.3, 0.4) is 0 Å². The third kappa shape index (κ3) is 2.56. The van der Waals surface area contributed by atoms with Crippen LogP contribution < -0.4 is 10.1 Å². The summed E-state index contributed by atoms with van der Waals surface area (Å²) in [4.78, 5) is 0. The number of benzene rings is 1. The number of aryl methyl sites for hydroxylation is 1. The van der Waals surface area contributed by atoms with Crippen molar-refractivity contribution in [1.29, 1.82) is 0 Å². The Morgan fingerprint density at radius 3 is 2.59 bits per heavy atom. The highest BCUT2D eigenvalue weighted by atomic mass is 16.5. The van der Waals surface area contributed by atoms with Gasteiger partial charge in [-0.05, 0) is 50.7 Å². The molecule has 2 unspecified atom stereocenters. The van der Waals surface area contributed by atoms with Crippen LogP contribution in [0.15, 0.2) is 12.1 Å². The summed E-state index contributed by atoms with van der Waals surface area (Å²) in [6.45, 7) is 6.56. The lowest BCUT2D eigenvalue weighted by Crippen LogP contribution is -2.16. The van der Waals surface area contributed by atoms with E-state index in [2.05, 4.69) is 38.2 Å². The van der Waals surface area contributed by atoms with E-state index < -0.39 is 0 Å². The highest BCUT2D eigenvalue weighted by molar-refractivity contribution is 5.60. The SMILES string of the molecule is COc1c(C)ccc(NC2CCC(C)C2)c1C. The summed E-state index contributed by atoms with van der Waals surface area (Å²) in [5.74, 6) is 1.88. The fraction of sp³-hybridized carbons (Fsp3) is 0.600. The van der Waals surface area contributed by atoms with Crippen molar-refractivity contribution >= 4 is 5.69 Å². The number of ether oxygens (including phenoxy) is 1. The van der Waals surface area contributed by atoms with Gasteiger partial charge in [-0.15, -0.1) is 0 Å². The van der Waals surface area contributed by atoms with Crippen molar-refractivity contribution in [1.82, 2.24) is 0 Å². The van der Waals surface area contributed by atoms with Crippen LogP contribution in [0.25, 0.3) is 0 Å². The molecule has 0 amide bonds. The standard InChI is InChI=1S/C15H23NO/c1-10-5-7-13(9-10)16-14-8-6-11(2)15(17-4)12(14)3/h6,8,10,13,16H,5,7,9H2,1-4H3. The number of rotatable bonds is 3. The fourth-order valence-corrected chi connectivity index (χ4v) is 2.86. The lowest BCUT2D eigenvalue weighted by molar-refractivity contribution is 0.409. The third-order valence-corrected chi connectivity index (χ3v) is 3.86. The van der Waals surface area contributed by atoms with Crippen molar-refractivity contribution < 1.29 is 4.74 Å². The smallest absolute Gasteiger partial charge is 0.126 e. The van der Waals surface area contributed by atoms with Gasteiger partial charge in [-0.1, -0.05) is 13.0 Å². The van der Waals surface area contributed by atoms with Gasteiger partial charge in [0.25, 0.3) is 0 Å². The van der Waals surface area contributed by atoms with Crippen LogP contribution in [-0.4, -0.2) is 13.2 Å². The average Bonchev–Trinajstić information content (AvgIpc) is 2.69. The predicted octanol–water partition coefficient (Wildman–Crippen LogP) is 3.91. The summed E-state index contributed by atoms with van der Waals surface area (Å²) in [5.41, 5.74) is 3.66. The van der Waals surface area contributed by atoms with Crippen LogP contribution >= 0.6 is 0 Å². The Morgan fingerprint density at radius 1 is 1.24 bits per heavy atom. The molecule has 1 aliphatic carbocycles. The molecule has 2 nitrogen and oxygen atoms in total. The molecule has 2 heteroatoms. The molecule has 0 saturated heterocycles. The molecule has 1 saturated carbocycles. The van der Waals surface area contributed by atoms with Gasteiger partial charge >= 0.3 is 0 Å². The van der Waals surface area contributed by atoms with E-state index in [9.17, 15) is 0 Å². The molecule has 1 aliphatic rings. The fourth-order valence-electron chi connectivity index (χ4n) is 2.86. The van der Waals surface area contributed by atoms with Gasteiger partial charge in [-0.25, -0.2) is 0 Å². The van der Waals surface area contributed by atoms with Gasteiger partial charge in [-0.3, -0.25) is 0 Å². The minimum Gasteiger partial charge on any atom is -0.496 e. The number of methoxy groups -OCH3 is 1. The highest BCUT2D eigenvalue weighted by Crippen LogP contribution is 2.33. The zero-order valence-electron chi connectivity index (χ0n) is 11.3. The molecule has 0 heterocycles. The topological polar surface area (TPSA) is 21.3 Å². The van der Waals surface area contributed by atoms with E-state index in [0.29, 0.717) is 6.04 Å². The Hall–Kier alpha value is -1.18. The monoisotopic (exact) mass is 233 g/mol. The van der Waals surface area contributed by atoms with Gasteiger partial charge in [-0.2, -0.15) is 0 Å². The first-order valence-electron chi connectivity index (χ1n) is 6.52. The molecule has 1 N–H and O–H groups in total. The Bertz CT molecular complexity index is 400. The van der Waals surface area contributed by atoms with Crippen LogP contribution in [0.4, 0.5) is 5.69 Å². The van der Waals surface area contributed by atoms with Crippen molar-refractivity contribution in [2.24, 2.45) is 5.92 Å². The van der Waals surface area contributed by atoms with Gasteiger partial charge < -0.3 is 10.1 Å². The maximum absolute atomic E-state index is 5.46. The molecule has 0 bridgehead atoms. The molecule has 1 aromatic rings. The van der Waals surface area contributed by atoms with E-state index in [4.69, 9.17) is 4.74 Å². The van der Waals surface area contributed by atoms with Crippen molar-refractivity contribution in [3.63, 3.8) is 0 Å². The molecule has 2 rings (SSSR count). The molecule has 0 aromatic heterocycles. The van der Waals surface area contributed by atoms with Gasteiger partial charge in [0.15, 0.2) is 0 Å². The van der Waals surface area contributed by atoms with E-state index in [1.807, 2.05) is 0 Å². The number of nitrogens with one attached hydrogen (secondary N) is 1. The second-order valence-corrected chi connectivity index (χ2v) is 5.35. The minimum absolute atomic E-state index is 0.635. The summed E-state index contributed by atoms with van der Waals surface area (Å²) in [7, 11) is 1.75. The molecule has 0 spiro atoms. The lowest BCUT2D eigenvalue weighted by Gasteiger charge is -2.18. The summed E-state index contributed by atoms with van der Waals surface area (Å²) >= 11 is 0. The van der Waals surface area contributed by atoms with E-state index in [-0.39, 0.29) is 0 Å². The predicted molar refractivity (Wildman–Crippen MR) is 72.9 cm³/mol. The Balaban J connectivity index is 2.16. The van der Waals surface area contributed by atoms with Crippen LogP contribution in [0.5, 0.6) is 5.75 Å². The third-order valence-electron chi connectivity index (χ3n) is 3.86. The van der Waals surface area contributed by atoms with Crippen molar-refractivity contribution in [3.05, 3.63) is 23.3 Å². The Kier molecular flexibility index (Phi) is 3.60. The summed E-state index contributed by atoms with van der Waals surface area (Å²) in [5, 5.41) is 3.66. The van der Waals surface area contributed by atoms with Crippen molar-refractivity contribution in [3.8, 4) is 5.75 Å². The molecule has 1 aromatic carbocycles. The van der Waals surface area contributed by atoms with Crippen LogP contribution in [-0.2, 0) is 0 Å². The van der Waals surface area contributed by atoms with Gasteiger partial charge in [0, 0.05) is 17.3 Å². The van der Waals surface area contributed by atoms with Crippen molar-refractivity contribution in [2.45, 2.75) is 46.1 Å². The number of hydrogen-bond acceptors (Lipinski definition) is 2. The van der Waals surface area contributed by atoms with Crippen LogP contribution in [0, 0.1) is 19.8 Å². The number of anilines is 1. The van der Waals surface area contributed by atoms with E-state index in [1.165, 1.54) is 36.1 Å². The minimum atomic E-state index is 0.635. The maximum atomic E-state index is 5.46. The van der Waals surface area contributed by atoms with Crippen LogP contribution in [0.1, 0.15) is 37.3 Å². The zero-order valence-corrected chi connectivity index (χ0v) is 11.3. The number of hydrogen-bond donors (Lipinski definition) is 1. The molecule has 94 valence electrons. The Morgan fingerprint density at radius 2 is 2.00 bits per heavy atom. The normalized spacial score (nSPS) is 23.8. The Labute approximate surface area is 104 Å². The van der Waals surface area contributed by atoms with Gasteiger partial charge in [0.05, 0.1) is 7.11 Å². The first-order chi connectivity index (χ1) is 8.11. The van der Waals surface area contributed by atoms with E-state index in [1.54, 1.807) is 7.11 Å². The largest absolute Gasteiger partial charge is 0.496 e. The lowest BCUT2D eigenvalue weighted by atomic mass is 10.1. The summed E-state index contributed by atoms with van der Waals surface area (Å²) in [6, 6.07) is 4.94. The van der Waals surface area contributed by atoms with Crippen LogP contribution in [0.2, 0.25) is 0 Å².